The van der Waals surface area contributed by atoms with Crippen molar-refractivity contribution in [1.82, 2.24) is 20.2 Å². The van der Waals surface area contributed by atoms with E-state index in [1.165, 1.54) is 0 Å². The van der Waals surface area contributed by atoms with E-state index in [-0.39, 0.29) is 55.2 Å². The van der Waals surface area contributed by atoms with Crippen molar-refractivity contribution in [3.8, 4) is 11.4 Å². The summed E-state index contributed by atoms with van der Waals surface area (Å²) in [5.41, 5.74) is 6.79. The fourth-order valence-corrected chi connectivity index (χ4v) is 7.75. The molecule has 1 fully saturated rings. The lowest BCUT2D eigenvalue weighted by molar-refractivity contribution is -0.148. The van der Waals surface area contributed by atoms with E-state index in [0.29, 0.717) is 59.8 Å². The summed E-state index contributed by atoms with van der Waals surface area (Å²) in [5, 5.41) is 6.71. The van der Waals surface area contributed by atoms with E-state index in [9.17, 15) is 14.4 Å². The monoisotopic (exact) mass is 602 g/mol. The van der Waals surface area contributed by atoms with Crippen molar-refractivity contribution < 1.29 is 23.5 Å². The molecule has 0 saturated heterocycles. The Hall–Kier alpha value is -3.63. The number of carbonyl (C=O) groups excluding carboxylic acids is 2. The molecule has 9 nitrogen and oxygen atoms in total. The standard InChI is InChI=1S/C34H39FN4O5/c1-4-18-20-8-9-21(28(10-17-6-7-17)44-16-37-29(40)13-36-3)30-23-14-39-27(32(23)38-26(31(20)30)12-25(18)35)11-22-19(5-2)34(42)43-15-24(22)33(39)41/h11-12,17,19,21,28,36H,4-10,13-16H2,1-3H3,(H,37,40). The highest BCUT2D eigenvalue weighted by Gasteiger charge is 2.41. The Morgan fingerprint density at radius 1 is 1.18 bits per heavy atom. The molecule has 1 aromatic carbocycles. The Bertz CT molecular complexity index is 1750. The summed E-state index contributed by atoms with van der Waals surface area (Å²) in [6, 6.07) is 3.48. The van der Waals surface area contributed by atoms with E-state index in [4.69, 9.17) is 14.5 Å². The lowest BCUT2D eigenvalue weighted by Crippen LogP contribution is -2.37. The first kappa shape index (κ1) is 29.1. The van der Waals surface area contributed by atoms with Crippen LogP contribution >= 0.6 is 0 Å². The summed E-state index contributed by atoms with van der Waals surface area (Å²) < 4.78 is 29.1. The van der Waals surface area contributed by atoms with Gasteiger partial charge in [0.15, 0.2) is 0 Å². The lowest BCUT2D eigenvalue weighted by atomic mass is 9.74. The van der Waals surface area contributed by atoms with Gasteiger partial charge < -0.3 is 24.7 Å². The number of cyclic esters (lactones) is 1. The van der Waals surface area contributed by atoms with Crippen LogP contribution in [0.25, 0.3) is 22.3 Å². The van der Waals surface area contributed by atoms with Gasteiger partial charge in [-0.05, 0) is 73.4 Å². The molecule has 0 bridgehead atoms. The van der Waals surface area contributed by atoms with E-state index in [0.717, 1.165) is 53.3 Å². The largest absolute Gasteiger partial charge is 0.460 e. The van der Waals surface area contributed by atoms with Gasteiger partial charge in [-0.2, -0.15) is 0 Å². The van der Waals surface area contributed by atoms with Crippen LogP contribution in [0, 0.1) is 11.7 Å². The first-order valence-electron chi connectivity index (χ1n) is 16.0. The number of fused-ring (bicyclic) bond motifs is 5. The molecule has 44 heavy (non-hydrogen) atoms. The van der Waals surface area contributed by atoms with Gasteiger partial charge in [-0.3, -0.25) is 14.4 Å². The molecule has 3 aromatic rings. The van der Waals surface area contributed by atoms with Gasteiger partial charge in [0, 0.05) is 22.9 Å². The summed E-state index contributed by atoms with van der Waals surface area (Å²) in [5.74, 6) is -0.627. The molecule has 2 aromatic heterocycles. The molecule has 1 saturated carbocycles. The second kappa shape index (κ2) is 11.4. The molecule has 3 atom stereocenters. The van der Waals surface area contributed by atoms with Crippen molar-refractivity contribution >= 4 is 22.8 Å². The van der Waals surface area contributed by atoms with Crippen LogP contribution < -0.4 is 16.2 Å². The van der Waals surface area contributed by atoms with Crippen molar-refractivity contribution in [3.63, 3.8) is 0 Å². The maximum Gasteiger partial charge on any atom is 0.313 e. The second-order valence-electron chi connectivity index (χ2n) is 12.6. The predicted molar refractivity (Wildman–Crippen MR) is 163 cm³/mol. The topological polar surface area (TPSA) is 112 Å². The fraction of sp³-hybridized carbons (Fsp3) is 0.529. The Balaban J connectivity index is 1.39. The maximum atomic E-state index is 15.5. The normalized spacial score (nSPS) is 20.6. The first-order valence-corrected chi connectivity index (χ1v) is 16.0. The zero-order valence-electron chi connectivity index (χ0n) is 25.6. The van der Waals surface area contributed by atoms with Crippen LogP contribution in [-0.4, -0.2) is 47.9 Å². The van der Waals surface area contributed by atoms with Crippen LogP contribution in [0.15, 0.2) is 16.9 Å². The Kier molecular flexibility index (Phi) is 7.53. The fourth-order valence-electron chi connectivity index (χ4n) is 7.75. The highest BCUT2D eigenvalue weighted by Crippen LogP contribution is 2.49. The van der Waals surface area contributed by atoms with E-state index >= 15 is 4.39 Å². The number of halogens is 1. The van der Waals surface area contributed by atoms with E-state index in [2.05, 4.69) is 10.6 Å². The number of rotatable bonds is 10. The molecule has 232 valence electrons. The zero-order valence-corrected chi connectivity index (χ0v) is 25.6. The number of likely N-dealkylation sites (N-methyl/N-ethyl adjacent to an activating group) is 1. The minimum Gasteiger partial charge on any atom is -0.460 e. The third-order valence-corrected chi connectivity index (χ3v) is 10.1. The van der Waals surface area contributed by atoms with Gasteiger partial charge in [0.25, 0.3) is 5.56 Å². The predicted octanol–water partition coefficient (Wildman–Crippen LogP) is 4.19. The second-order valence-corrected chi connectivity index (χ2v) is 12.6. The SMILES string of the molecule is CCc1c(F)cc2nc3c(c4c2c1CCC4C(CC1CC1)OCNC(=O)CNC)Cn1c-3cc2c(c1=O)COC(=O)C2CC. The van der Waals surface area contributed by atoms with Crippen molar-refractivity contribution in [3.05, 3.63) is 61.7 Å². The number of esters is 1. The van der Waals surface area contributed by atoms with Crippen molar-refractivity contribution in [2.45, 2.75) is 89.9 Å². The van der Waals surface area contributed by atoms with Crippen molar-refractivity contribution in [2.24, 2.45) is 5.92 Å². The number of pyridine rings is 2. The average Bonchev–Trinajstić information content (AvgIpc) is 3.75. The smallest absolute Gasteiger partial charge is 0.313 e. The number of aromatic nitrogens is 2. The van der Waals surface area contributed by atoms with Gasteiger partial charge in [0.1, 0.15) is 19.2 Å². The summed E-state index contributed by atoms with van der Waals surface area (Å²) in [7, 11) is 1.73. The number of nitrogens with one attached hydrogen (secondary N) is 2. The quantitative estimate of drug-likeness (QED) is 0.207. The lowest BCUT2D eigenvalue weighted by Gasteiger charge is -2.35. The molecule has 4 aliphatic rings. The number of hydrogen-bond acceptors (Lipinski definition) is 7. The van der Waals surface area contributed by atoms with Crippen LogP contribution in [0.5, 0.6) is 0 Å². The minimum absolute atomic E-state index is 0.00772. The molecular weight excluding hydrogens is 563 g/mol. The highest BCUT2D eigenvalue weighted by molar-refractivity contribution is 5.93. The van der Waals surface area contributed by atoms with Crippen molar-refractivity contribution in [2.75, 3.05) is 20.3 Å². The Morgan fingerprint density at radius 3 is 2.73 bits per heavy atom. The van der Waals surface area contributed by atoms with Crippen molar-refractivity contribution in [1.29, 1.82) is 0 Å². The number of hydrogen-bond donors (Lipinski definition) is 2. The van der Waals surface area contributed by atoms with Gasteiger partial charge in [0.05, 0.1) is 47.6 Å². The van der Waals surface area contributed by atoms with E-state index in [1.54, 1.807) is 17.7 Å². The molecule has 2 N–H and O–H groups in total. The van der Waals surface area contributed by atoms with Crippen LogP contribution in [0.4, 0.5) is 4.39 Å². The Labute approximate surface area is 255 Å². The molecular formula is C34H39FN4O5. The molecule has 2 aliphatic heterocycles. The molecule has 4 heterocycles. The number of carbonyl (C=O) groups is 2. The van der Waals surface area contributed by atoms with Crippen LogP contribution in [0.2, 0.25) is 0 Å². The zero-order chi connectivity index (χ0) is 30.7. The molecule has 2 aliphatic carbocycles. The van der Waals surface area contributed by atoms with Crippen LogP contribution in [-0.2, 0) is 45.1 Å². The first-order chi connectivity index (χ1) is 21.3. The number of benzene rings is 1. The summed E-state index contributed by atoms with van der Waals surface area (Å²) in [6.07, 6.45) is 5.65. The number of ether oxygens (including phenoxy) is 2. The van der Waals surface area contributed by atoms with Gasteiger partial charge in [-0.25, -0.2) is 9.37 Å². The van der Waals surface area contributed by atoms with Crippen LogP contribution in [0.1, 0.15) is 91.2 Å². The summed E-state index contributed by atoms with van der Waals surface area (Å²) >= 11 is 0. The van der Waals surface area contributed by atoms with Gasteiger partial charge >= 0.3 is 5.97 Å². The minimum atomic E-state index is -0.501. The van der Waals surface area contributed by atoms with Crippen LogP contribution in [0.3, 0.4) is 0 Å². The summed E-state index contributed by atoms with van der Waals surface area (Å²) in [4.78, 5) is 43.7. The molecule has 0 radical (unpaired) electrons. The number of amides is 1. The molecule has 1 amide bonds. The summed E-state index contributed by atoms with van der Waals surface area (Å²) in [6.45, 7) is 4.54. The average molecular weight is 603 g/mol. The molecule has 0 spiro atoms. The molecule has 3 unspecified atom stereocenters. The van der Waals surface area contributed by atoms with Gasteiger partial charge in [-0.1, -0.05) is 26.7 Å². The van der Waals surface area contributed by atoms with E-state index in [1.807, 2.05) is 19.9 Å². The molecule has 7 rings (SSSR count). The van der Waals surface area contributed by atoms with Gasteiger partial charge in [-0.15, -0.1) is 0 Å². The Morgan fingerprint density at radius 2 is 2.00 bits per heavy atom. The number of aryl methyl sites for hydroxylation is 1. The van der Waals surface area contributed by atoms with E-state index < -0.39 is 5.92 Å². The van der Waals surface area contributed by atoms with Gasteiger partial charge in [0.2, 0.25) is 5.91 Å². The highest BCUT2D eigenvalue weighted by atomic mass is 19.1. The maximum absolute atomic E-state index is 15.5. The third-order valence-electron chi connectivity index (χ3n) is 10.1. The third kappa shape index (κ3) is 4.74. The molecule has 10 heteroatoms. The number of nitrogens with zero attached hydrogens (tertiary/aromatic N) is 2.